The molecule has 0 aliphatic heterocycles. The number of aliphatic carboxylic acids is 1. The van der Waals surface area contributed by atoms with Crippen LogP contribution in [0.1, 0.15) is 89.5 Å². The van der Waals surface area contributed by atoms with Crippen molar-refractivity contribution in [2.24, 2.45) is 0 Å². The molecule has 4 nitrogen and oxygen atoms in total. The Hall–Kier alpha value is -2.10. The van der Waals surface area contributed by atoms with E-state index in [9.17, 15) is 14.7 Å². The van der Waals surface area contributed by atoms with Gasteiger partial charge in [-0.1, -0.05) is 87.9 Å². The Kier molecular flexibility index (Phi) is 14.5. The van der Waals surface area contributed by atoms with E-state index >= 15 is 0 Å². The van der Waals surface area contributed by atoms with E-state index in [4.69, 9.17) is 0 Å². The molecule has 1 amide bonds. The minimum absolute atomic E-state index is 0.167. The fourth-order valence-electron chi connectivity index (χ4n) is 3.32. The topological polar surface area (TPSA) is 66.4 Å². The van der Waals surface area contributed by atoms with E-state index in [2.05, 4.69) is 24.4 Å². The number of rotatable bonds is 17. The standard InChI is InChI=1S/C25H39NO3/c1-2-3-4-5-6-7-8-9-10-11-12-13-17-20-24(27)26-23(25(28)29)21-22-18-15-14-16-19-22/h7-8,14-16,18-19,23H,2-6,9-13,17,20-21H2,1H3,(H,26,27)(H,28,29)/b8-7-. The number of carbonyl (C=O) groups is 2. The average Bonchev–Trinajstić information content (AvgIpc) is 2.71. The van der Waals surface area contributed by atoms with Gasteiger partial charge in [-0.3, -0.25) is 4.79 Å². The van der Waals surface area contributed by atoms with Crippen LogP contribution in [0, 0.1) is 0 Å². The molecular formula is C25H39NO3. The second-order valence-electron chi connectivity index (χ2n) is 7.78. The SMILES string of the molecule is CCCCCC/C=C\CCCCCCCC(=O)NC(Cc1ccccc1)C(=O)O. The van der Waals surface area contributed by atoms with Crippen molar-refractivity contribution in [1.29, 1.82) is 0 Å². The van der Waals surface area contributed by atoms with Crippen LogP contribution in [0.25, 0.3) is 0 Å². The lowest BCUT2D eigenvalue weighted by atomic mass is 10.1. The summed E-state index contributed by atoms with van der Waals surface area (Å²) >= 11 is 0. The van der Waals surface area contributed by atoms with Crippen LogP contribution in [0.2, 0.25) is 0 Å². The van der Waals surface area contributed by atoms with Gasteiger partial charge in [0.25, 0.3) is 0 Å². The molecule has 0 aromatic heterocycles. The third kappa shape index (κ3) is 13.7. The molecule has 0 aliphatic rings. The molecule has 1 rings (SSSR count). The van der Waals surface area contributed by atoms with Crippen molar-refractivity contribution < 1.29 is 14.7 Å². The molecule has 1 aromatic rings. The number of hydrogen-bond acceptors (Lipinski definition) is 2. The number of carboxylic acids is 1. The third-order valence-corrected chi connectivity index (χ3v) is 5.08. The van der Waals surface area contributed by atoms with Crippen LogP contribution in [0.3, 0.4) is 0 Å². The molecular weight excluding hydrogens is 362 g/mol. The first kappa shape index (κ1) is 24.9. The summed E-state index contributed by atoms with van der Waals surface area (Å²) in [6.07, 6.45) is 18.3. The molecule has 162 valence electrons. The Morgan fingerprint density at radius 1 is 0.897 bits per heavy atom. The molecule has 0 aliphatic carbocycles. The molecule has 2 N–H and O–H groups in total. The van der Waals surface area contributed by atoms with Gasteiger partial charge in [0.15, 0.2) is 0 Å². The maximum atomic E-state index is 12.1. The fraction of sp³-hybridized carbons (Fsp3) is 0.600. The van der Waals surface area contributed by atoms with E-state index in [0.717, 1.165) is 31.2 Å². The minimum Gasteiger partial charge on any atom is -0.480 e. The first-order valence-corrected chi connectivity index (χ1v) is 11.3. The lowest BCUT2D eigenvalue weighted by Gasteiger charge is -2.14. The van der Waals surface area contributed by atoms with Gasteiger partial charge in [-0.05, 0) is 37.7 Å². The number of carboxylic acid groups (broad SMARTS) is 1. The number of nitrogens with one attached hydrogen (secondary N) is 1. The zero-order chi connectivity index (χ0) is 21.2. The Labute approximate surface area is 176 Å². The third-order valence-electron chi connectivity index (χ3n) is 5.08. The number of amides is 1. The van der Waals surface area contributed by atoms with Gasteiger partial charge in [-0.25, -0.2) is 4.79 Å². The van der Waals surface area contributed by atoms with E-state index < -0.39 is 12.0 Å². The summed E-state index contributed by atoms with van der Waals surface area (Å²) in [7, 11) is 0. The van der Waals surface area contributed by atoms with Gasteiger partial charge in [0, 0.05) is 12.8 Å². The fourth-order valence-corrected chi connectivity index (χ4v) is 3.32. The summed E-state index contributed by atoms with van der Waals surface area (Å²) in [6, 6.07) is 8.54. The van der Waals surface area contributed by atoms with Crippen molar-refractivity contribution in [3.05, 3.63) is 48.0 Å². The lowest BCUT2D eigenvalue weighted by Crippen LogP contribution is -2.42. The maximum Gasteiger partial charge on any atom is 0.326 e. The second-order valence-corrected chi connectivity index (χ2v) is 7.78. The van der Waals surface area contributed by atoms with Gasteiger partial charge < -0.3 is 10.4 Å². The molecule has 0 saturated carbocycles. The predicted octanol–water partition coefficient (Wildman–Crippen LogP) is 6.06. The van der Waals surface area contributed by atoms with Crippen LogP contribution in [-0.4, -0.2) is 23.0 Å². The Morgan fingerprint density at radius 3 is 2.10 bits per heavy atom. The van der Waals surface area contributed by atoms with Crippen LogP contribution in [0.5, 0.6) is 0 Å². The summed E-state index contributed by atoms with van der Waals surface area (Å²) in [5.74, 6) is -1.15. The Bertz CT molecular complexity index is 583. The zero-order valence-corrected chi connectivity index (χ0v) is 18.1. The Morgan fingerprint density at radius 2 is 1.48 bits per heavy atom. The van der Waals surface area contributed by atoms with Crippen molar-refractivity contribution in [3.63, 3.8) is 0 Å². The molecule has 0 heterocycles. The summed E-state index contributed by atoms with van der Waals surface area (Å²) < 4.78 is 0. The summed E-state index contributed by atoms with van der Waals surface area (Å²) in [5.41, 5.74) is 0.912. The molecule has 1 unspecified atom stereocenters. The van der Waals surface area contributed by atoms with E-state index in [1.165, 1.54) is 44.9 Å². The van der Waals surface area contributed by atoms with Gasteiger partial charge in [0.1, 0.15) is 6.04 Å². The van der Waals surface area contributed by atoms with Crippen molar-refractivity contribution in [2.75, 3.05) is 0 Å². The molecule has 0 fully saturated rings. The highest BCUT2D eigenvalue weighted by Gasteiger charge is 2.19. The number of unbranched alkanes of at least 4 members (excludes halogenated alkanes) is 9. The van der Waals surface area contributed by atoms with E-state index in [1.54, 1.807) is 0 Å². The summed E-state index contributed by atoms with van der Waals surface area (Å²) in [4.78, 5) is 23.5. The largest absolute Gasteiger partial charge is 0.480 e. The first-order valence-electron chi connectivity index (χ1n) is 11.3. The maximum absolute atomic E-state index is 12.1. The highest BCUT2D eigenvalue weighted by molar-refractivity contribution is 5.83. The highest BCUT2D eigenvalue weighted by Crippen LogP contribution is 2.09. The number of benzene rings is 1. The monoisotopic (exact) mass is 401 g/mol. The van der Waals surface area contributed by atoms with Crippen molar-refractivity contribution in [1.82, 2.24) is 5.32 Å². The van der Waals surface area contributed by atoms with Crippen molar-refractivity contribution >= 4 is 11.9 Å². The van der Waals surface area contributed by atoms with E-state index in [0.29, 0.717) is 12.8 Å². The predicted molar refractivity (Wildman–Crippen MR) is 120 cm³/mol. The number of carbonyl (C=O) groups excluding carboxylic acids is 1. The number of hydrogen-bond donors (Lipinski definition) is 2. The molecule has 1 atom stereocenters. The molecule has 29 heavy (non-hydrogen) atoms. The lowest BCUT2D eigenvalue weighted by molar-refractivity contribution is -0.141. The molecule has 0 saturated heterocycles. The smallest absolute Gasteiger partial charge is 0.326 e. The molecule has 0 spiro atoms. The van der Waals surface area contributed by atoms with E-state index in [1.807, 2.05) is 30.3 Å². The highest BCUT2D eigenvalue weighted by atomic mass is 16.4. The van der Waals surface area contributed by atoms with Crippen LogP contribution in [0.4, 0.5) is 0 Å². The summed E-state index contributed by atoms with van der Waals surface area (Å²) in [6.45, 7) is 2.24. The van der Waals surface area contributed by atoms with E-state index in [-0.39, 0.29) is 5.91 Å². The zero-order valence-electron chi connectivity index (χ0n) is 18.1. The molecule has 0 radical (unpaired) electrons. The Balaban J connectivity index is 2.05. The molecule has 0 bridgehead atoms. The van der Waals surface area contributed by atoms with Crippen LogP contribution >= 0.6 is 0 Å². The average molecular weight is 402 g/mol. The van der Waals surface area contributed by atoms with Crippen LogP contribution < -0.4 is 5.32 Å². The van der Waals surface area contributed by atoms with Crippen molar-refractivity contribution in [2.45, 2.75) is 96.4 Å². The van der Waals surface area contributed by atoms with Crippen molar-refractivity contribution in [3.8, 4) is 0 Å². The van der Waals surface area contributed by atoms with Crippen LogP contribution in [0.15, 0.2) is 42.5 Å². The van der Waals surface area contributed by atoms with Crippen LogP contribution in [-0.2, 0) is 16.0 Å². The summed E-state index contributed by atoms with van der Waals surface area (Å²) in [5, 5.41) is 12.0. The quantitative estimate of drug-likeness (QED) is 0.246. The number of allylic oxidation sites excluding steroid dienone is 2. The normalized spacial score (nSPS) is 12.2. The minimum atomic E-state index is -0.986. The van der Waals surface area contributed by atoms with Gasteiger partial charge in [-0.2, -0.15) is 0 Å². The molecule has 1 aromatic carbocycles. The molecule has 4 heteroatoms. The first-order chi connectivity index (χ1) is 14.1. The van der Waals surface area contributed by atoms with Gasteiger partial charge in [0.05, 0.1) is 0 Å². The van der Waals surface area contributed by atoms with Gasteiger partial charge >= 0.3 is 5.97 Å². The van der Waals surface area contributed by atoms with Gasteiger partial charge in [0.2, 0.25) is 5.91 Å². The van der Waals surface area contributed by atoms with Gasteiger partial charge in [-0.15, -0.1) is 0 Å². The second kappa shape index (κ2) is 16.8.